The highest BCUT2D eigenvalue weighted by atomic mass is 35.5. The number of halogens is 9. The molecule has 0 radical (unpaired) electrons. The van der Waals surface area contributed by atoms with E-state index in [0.717, 1.165) is 4.68 Å². The highest BCUT2D eigenvalue weighted by molar-refractivity contribution is 6.34. The van der Waals surface area contributed by atoms with E-state index >= 15 is 0 Å². The summed E-state index contributed by atoms with van der Waals surface area (Å²) in [5, 5.41) is 5.92. The van der Waals surface area contributed by atoms with Crippen molar-refractivity contribution < 1.29 is 44.7 Å². The fourth-order valence-electron chi connectivity index (χ4n) is 2.45. The van der Waals surface area contributed by atoms with Gasteiger partial charge in [-0.25, -0.2) is 17.6 Å². The summed E-state index contributed by atoms with van der Waals surface area (Å²) in [6, 6.07) is 0. The van der Waals surface area contributed by atoms with Crippen LogP contribution >= 0.6 is 11.6 Å². The number of nitrogens with one attached hydrogen (secondary N) is 1. The van der Waals surface area contributed by atoms with E-state index in [1.54, 1.807) is 6.92 Å². The number of amides is 1. The Morgan fingerprint density at radius 2 is 1.71 bits per heavy atom. The fourth-order valence-corrected chi connectivity index (χ4v) is 2.83. The maximum atomic E-state index is 14.2. The molecule has 5 nitrogen and oxygen atoms in total. The van der Waals surface area contributed by atoms with Gasteiger partial charge in [0.1, 0.15) is 5.69 Å². The van der Waals surface area contributed by atoms with Crippen molar-refractivity contribution in [3.63, 3.8) is 0 Å². The molecule has 0 fully saturated rings. The third kappa shape index (κ3) is 4.86. The van der Waals surface area contributed by atoms with Crippen molar-refractivity contribution >= 4 is 17.5 Å². The molecule has 0 atom stereocenters. The molecular formula is C17H14ClF8N3O2. The van der Waals surface area contributed by atoms with E-state index in [1.165, 1.54) is 7.05 Å². The zero-order chi connectivity index (χ0) is 23.7. The molecule has 0 bridgehead atoms. The average Bonchev–Trinajstić information content (AvgIpc) is 2.99. The van der Waals surface area contributed by atoms with Crippen molar-refractivity contribution in [3.05, 3.63) is 45.2 Å². The molecule has 14 heteroatoms. The van der Waals surface area contributed by atoms with Gasteiger partial charge in [-0.2, -0.15) is 22.7 Å². The summed E-state index contributed by atoms with van der Waals surface area (Å²) in [5.74, 6) is -16.3. The minimum atomic E-state index is -4.82. The largest absolute Gasteiger partial charge is 0.481 e. The molecule has 0 aliphatic heterocycles. The number of hydrogen-bond donors (Lipinski definition) is 1. The molecule has 31 heavy (non-hydrogen) atoms. The first-order valence-corrected chi connectivity index (χ1v) is 8.84. The lowest BCUT2D eigenvalue weighted by atomic mass is 10.1. The van der Waals surface area contributed by atoms with Crippen LogP contribution in [0.3, 0.4) is 0 Å². The zero-order valence-corrected chi connectivity index (χ0v) is 16.6. The average molecular weight is 480 g/mol. The number of aromatic nitrogens is 2. The molecule has 0 saturated carbocycles. The van der Waals surface area contributed by atoms with Gasteiger partial charge in [-0.3, -0.25) is 9.48 Å². The quantitative estimate of drug-likeness (QED) is 0.451. The molecule has 0 aliphatic rings. The first-order chi connectivity index (χ1) is 14.3. The van der Waals surface area contributed by atoms with Gasteiger partial charge in [0.25, 0.3) is 5.91 Å². The predicted octanol–water partition coefficient (Wildman–Crippen LogP) is 4.40. The number of nitrogens with zero attached hydrogens (tertiary/aromatic N) is 2. The lowest BCUT2D eigenvalue weighted by Gasteiger charge is -2.18. The molecule has 2 aromatic rings. The van der Waals surface area contributed by atoms with Crippen LogP contribution in [0, 0.1) is 23.3 Å². The van der Waals surface area contributed by atoms with Crippen LogP contribution < -0.4 is 10.1 Å². The maximum absolute atomic E-state index is 14.2. The Bertz CT molecular complexity index is 967. The van der Waals surface area contributed by atoms with Gasteiger partial charge in [0.05, 0.1) is 10.7 Å². The molecular weight excluding hydrogens is 466 g/mol. The van der Waals surface area contributed by atoms with Gasteiger partial charge in [0.15, 0.2) is 24.0 Å². The molecule has 0 saturated heterocycles. The monoisotopic (exact) mass is 479 g/mol. The first kappa shape index (κ1) is 24.7. The smallest absolute Gasteiger partial charge is 0.340 e. The van der Waals surface area contributed by atoms with E-state index in [4.69, 9.17) is 11.6 Å². The van der Waals surface area contributed by atoms with Gasteiger partial charge in [-0.1, -0.05) is 18.5 Å². The van der Waals surface area contributed by atoms with Crippen molar-refractivity contribution in [2.45, 2.75) is 32.2 Å². The van der Waals surface area contributed by atoms with Crippen LogP contribution in [0.2, 0.25) is 5.02 Å². The molecule has 1 N–H and O–H groups in total. The molecule has 2 rings (SSSR count). The maximum Gasteiger partial charge on any atom is 0.340 e. The molecule has 0 unspecified atom stereocenters. The van der Waals surface area contributed by atoms with Crippen LogP contribution in [0.1, 0.15) is 28.7 Å². The summed E-state index contributed by atoms with van der Waals surface area (Å²) in [5.41, 5.74) is -1.13. The summed E-state index contributed by atoms with van der Waals surface area (Å²) in [6.07, 6.45) is -3.87. The van der Waals surface area contributed by atoms with Crippen LogP contribution in [-0.2, 0) is 20.0 Å². The van der Waals surface area contributed by atoms with Gasteiger partial charge < -0.3 is 10.1 Å². The van der Waals surface area contributed by atoms with Gasteiger partial charge in [0, 0.05) is 19.2 Å². The third-order valence-electron chi connectivity index (χ3n) is 4.07. The number of ether oxygens (including phenoxy) is 1. The first-order valence-electron chi connectivity index (χ1n) is 8.46. The van der Waals surface area contributed by atoms with Crippen LogP contribution in [0.25, 0.3) is 0 Å². The van der Waals surface area contributed by atoms with E-state index in [2.05, 4.69) is 9.84 Å². The Balaban J connectivity index is 2.27. The minimum Gasteiger partial charge on any atom is -0.481 e. The highest BCUT2D eigenvalue weighted by Gasteiger charge is 2.42. The molecule has 172 valence electrons. The number of carbonyl (C=O) groups is 1. The summed E-state index contributed by atoms with van der Waals surface area (Å²) in [7, 11) is 1.36. The molecule has 1 aromatic heterocycles. The second-order valence-electron chi connectivity index (χ2n) is 6.18. The van der Waals surface area contributed by atoms with Crippen LogP contribution in [-0.4, -0.2) is 34.6 Å². The van der Waals surface area contributed by atoms with E-state index < -0.39 is 66.0 Å². The Hall–Kier alpha value is -2.57. The summed E-state index contributed by atoms with van der Waals surface area (Å²) in [4.78, 5) is 12.3. The van der Waals surface area contributed by atoms with Crippen LogP contribution in [0.5, 0.6) is 5.75 Å². The van der Waals surface area contributed by atoms with Crippen molar-refractivity contribution in [2.24, 2.45) is 7.05 Å². The van der Waals surface area contributed by atoms with Crippen molar-refractivity contribution in [3.8, 4) is 5.75 Å². The van der Waals surface area contributed by atoms with Gasteiger partial charge in [0.2, 0.25) is 11.6 Å². The Labute approximate surface area is 174 Å². The lowest BCUT2D eigenvalue weighted by Crippen LogP contribution is -2.34. The number of hydrogen-bond acceptors (Lipinski definition) is 3. The number of aryl methyl sites for hydroxylation is 2. The Kier molecular flexibility index (Phi) is 7.40. The highest BCUT2D eigenvalue weighted by Crippen LogP contribution is 2.32. The minimum absolute atomic E-state index is 0.0375. The van der Waals surface area contributed by atoms with E-state index in [-0.39, 0.29) is 10.7 Å². The lowest BCUT2D eigenvalue weighted by molar-refractivity contribution is -0.149. The summed E-state index contributed by atoms with van der Waals surface area (Å²) >= 11 is 5.99. The van der Waals surface area contributed by atoms with Gasteiger partial charge >= 0.3 is 12.3 Å². The van der Waals surface area contributed by atoms with E-state index in [1.807, 2.05) is 5.32 Å². The van der Waals surface area contributed by atoms with E-state index in [0.29, 0.717) is 12.1 Å². The molecule has 1 aromatic carbocycles. The molecule has 1 amide bonds. The van der Waals surface area contributed by atoms with Crippen LogP contribution in [0.4, 0.5) is 35.1 Å². The Morgan fingerprint density at radius 1 is 1.16 bits per heavy atom. The normalized spacial score (nSPS) is 11.9. The second-order valence-corrected chi connectivity index (χ2v) is 6.56. The van der Waals surface area contributed by atoms with Crippen molar-refractivity contribution in [2.75, 3.05) is 6.61 Å². The number of rotatable bonds is 8. The van der Waals surface area contributed by atoms with Gasteiger partial charge in [-0.05, 0) is 6.42 Å². The van der Waals surface area contributed by atoms with E-state index in [9.17, 15) is 39.9 Å². The molecule has 0 aliphatic carbocycles. The Morgan fingerprint density at radius 3 is 2.16 bits per heavy atom. The van der Waals surface area contributed by atoms with Crippen molar-refractivity contribution in [1.82, 2.24) is 15.1 Å². The zero-order valence-electron chi connectivity index (χ0n) is 15.8. The third-order valence-corrected chi connectivity index (χ3v) is 4.47. The molecule has 1 heterocycles. The van der Waals surface area contributed by atoms with Gasteiger partial charge in [-0.15, -0.1) is 0 Å². The standard InChI is InChI=1S/C17H14ClF8N3O2/c1-3-7-8(18)13(29(2)28-7)15(30)27-4-6-9(19)11(21)14(12(22)10(6)20)31-5-17(25,26)16(23)24/h16H,3-5H2,1-2H3,(H,27,30). The molecule has 0 spiro atoms. The summed E-state index contributed by atoms with van der Waals surface area (Å²) < 4.78 is 111. The number of alkyl halides is 4. The fraction of sp³-hybridized carbons (Fsp3) is 0.412. The predicted molar refractivity (Wildman–Crippen MR) is 91.5 cm³/mol. The second kappa shape index (κ2) is 9.28. The number of benzene rings is 1. The number of carbonyl (C=O) groups excluding carboxylic acids is 1. The summed E-state index contributed by atoms with van der Waals surface area (Å²) in [6.45, 7) is -1.60. The van der Waals surface area contributed by atoms with Crippen LogP contribution in [0.15, 0.2) is 0 Å². The SMILES string of the molecule is CCc1nn(C)c(C(=O)NCc2c(F)c(F)c(OCC(F)(F)C(F)F)c(F)c2F)c1Cl. The topological polar surface area (TPSA) is 56.2 Å². The van der Waals surface area contributed by atoms with Crippen molar-refractivity contribution in [1.29, 1.82) is 0 Å².